The van der Waals surface area contributed by atoms with Crippen LogP contribution in [0, 0.1) is 16.0 Å². The van der Waals surface area contributed by atoms with Crippen molar-refractivity contribution in [3.8, 4) is 0 Å². The Morgan fingerprint density at radius 3 is 2.83 bits per heavy atom. The van der Waals surface area contributed by atoms with E-state index in [2.05, 4.69) is 35.7 Å². The molecule has 1 aliphatic rings. The highest BCUT2D eigenvalue weighted by Crippen LogP contribution is 2.34. The van der Waals surface area contributed by atoms with E-state index in [1.54, 1.807) is 4.68 Å². The van der Waals surface area contributed by atoms with Gasteiger partial charge in [0.15, 0.2) is 0 Å². The van der Waals surface area contributed by atoms with E-state index in [0.717, 1.165) is 25.3 Å². The smallest absolute Gasteiger partial charge is 0.331 e. The number of hydrogen-bond donors (Lipinski definition) is 0. The standard InChI is InChI=1S/C15H28N4O3S/c1-13-6-5-7-17(11-13)15-14(19(20)21)10-16-18(15)12-22-8-9-23(2,3)4/h10,13H,5-9,11-12H2,1-4H3. The molecule has 1 saturated heterocycles. The lowest BCUT2D eigenvalue weighted by Gasteiger charge is -2.32. The van der Waals surface area contributed by atoms with Gasteiger partial charge in [0, 0.05) is 18.8 Å². The molecule has 8 heteroatoms. The molecular weight excluding hydrogens is 316 g/mol. The van der Waals surface area contributed by atoms with Crippen molar-refractivity contribution in [1.82, 2.24) is 9.78 Å². The Balaban J connectivity index is 2.08. The van der Waals surface area contributed by atoms with Crippen LogP contribution in [-0.2, 0) is 11.5 Å². The molecule has 132 valence electrons. The summed E-state index contributed by atoms with van der Waals surface area (Å²) in [6.45, 7) is 4.77. The molecule has 2 heterocycles. The van der Waals surface area contributed by atoms with Crippen molar-refractivity contribution >= 4 is 21.5 Å². The fourth-order valence-corrected chi connectivity index (χ4v) is 3.38. The second kappa shape index (κ2) is 7.53. The normalized spacial score (nSPS) is 19.8. The summed E-state index contributed by atoms with van der Waals surface area (Å²) in [5.74, 6) is 2.15. The molecule has 0 aromatic carbocycles. The number of ether oxygens (including phenoxy) is 1. The number of nitrogens with zero attached hydrogens (tertiary/aromatic N) is 4. The molecule has 0 bridgehead atoms. The van der Waals surface area contributed by atoms with Crippen LogP contribution in [0.4, 0.5) is 11.5 Å². The third-order valence-corrected chi connectivity index (χ3v) is 5.39. The van der Waals surface area contributed by atoms with Crippen LogP contribution in [0.3, 0.4) is 0 Å². The third-order valence-electron chi connectivity index (χ3n) is 4.00. The van der Waals surface area contributed by atoms with Gasteiger partial charge in [-0.05, 0) is 37.5 Å². The van der Waals surface area contributed by atoms with Crippen LogP contribution in [0.1, 0.15) is 19.8 Å². The van der Waals surface area contributed by atoms with E-state index in [1.807, 2.05) is 0 Å². The van der Waals surface area contributed by atoms with Crippen molar-refractivity contribution in [3.63, 3.8) is 0 Å². The average molecular weight is 344 g/mol. The lowest BCUT2D eigenvalue weighted by atomic mass is 10.0. The van der Waals surface area contributed by atoms with E-state index in [1.165, 1.54) is 12.6 Å². The van der Waals surface area contributed by atoms with Crippen molar-refractivity contribution in [2.24, 2.45) is 5.92 Å². The minimum Gasteiger partial charge on any atom is -0.358 e. The molecule has 1 aromatic heterocycles. The maximum absolute atomic E-state index is 11.3. The Labute approximate surface area is 139 Å². The van der Waals surface area contributed by atoms with Gasteiger partial charge in [-0.25, -0.2) is 14.7 Å². The Morgan fingerprint density at radius 2 is 2.22 bits per heavy atom. The van der Waals surface area contributed by atoms with E-state index in [4.69, 9.17) is 4.74 Å². The Kier molecular flexibility index (Phi) is 5.91. The number of hydrogen-bond acceptors (Lipinski definition) is 5. The summed E-state index contributed by atoms with van der Waals surface area (Å²) in [6, 6.07) is 0. The second-order valence-electron chi connectivity index (χ2n) is 7.14. The van der Waals surface area contributed by atoms with Crippen molar-refractivity contribution in [1.29, 1.82) is 0 Å². The van der Waals surface area contributed by atoms with Crippen LogP contribution in [0.5, 0.6) is 0 Å². The molecular formula is C15H28N4O3S. The van der Waals surface area contributed by atoms with Crippen LogP contribution in [-0.4, -0.2) is 58.9 Å². The van der Waals surface area contributed by atoms with E-state index in [-0.39, 0.29) is 17.3 Å². The molecule has 1 aromatic rings. The summed E-state index contributed by atoms with van der Waals surface area (Å²) in [5, 5.41) is 15.5. The maximum atomic E-state index is 11.3. The van der Waals surface area contributed by atoms with E-state index in [9.17, 15) is 10.1 Å². The van der Waals surface area contributed by atoms with Gasteiger partial charge < -0.3 is 9.64 Å². The molecule has 0 aliphatic carbocycles. The van der Waals surface area contributed by atoms with E-state index < -0.39 is 10.0 Å². The SMILES string of the molecule is CC1CCCN(c2c([N+](=O)[O-])cnn2COCCS(C)(C)C)C1. The van der Waals surface area contributed by atoms with Crippen LogP contribution < -0.4 is 4.90 Å². The number of nitro groups is 1. The maximum Gasteiger partial charge on any atom is 0.331 e. The van der Waals surface area contributed by atoms with Gasteiger partial charge in [-0.2, -0.15) is 5.10 Å². The van der Waals surface area contributed by atoms with Gasteiger partial charge in [-0.3, -0.25) is 10.1 Å². The first-order valence-electron chi connectivity index (χ1n) is 7.97. The first-order chi connectivity index (χ1) is 10.8. The highest BCUT2D eigenvalue weighted by molar-refractivity contribution is 8.32. The molecule has 1 unspecified atom stereocenters. The van der Waals surface area contributed by atoms with E-state index in [0.29, 0.717) is 18.3 Å². The Hall–Kier alpha value is -1.28. The van der Waals surface area contributed by atoms with Gasteiger partial charge in [-0.15, -0.1) is 0 Å². The van der Waals surface area contributed by atoms with Crippen LogP contribution in [0.15, 0.2) is 6.20 Å². The Bertz CT molecular complexity index is 541. The number of rotatable bonds is 7. The lowest BCUT2D eigenvalue weighted by molar-refractivity contribution is -0.384. The summed E-state index contributed by atoms with van der Waals surface area (Å²) >= 11 is 0. The summed E-state index contributed by atoms with van der Waals surface area (Å²) in [5.41, 5.74) is 0.0733. The first kappa shape index (κ1) is 18.1. The van der Waals surface area contributed by atoms with Crippen LogP contribution in [0.25, 0.3) is 0 Å². The minimum absolute atomic E-state index is 0.0733. The minimum atomic E-state index is -0.598. The highest BCUT2D eigenvalue weighted by Gasteiger charge is 2.28. The van der Waals surface area contributed by atoms with Gasteiger partial charge >= 0.3 is 5.69 Å². The van der Waals surface area contributed by atoms with Crippen molar-refractivity contribution < 1.29 is 9.66 Å². The summed E-state index contributed by atoms with van der Waals surface area (Å²) in [6.07, 6.45) is 10.3. The monoisotopic (exact) mass is 344 g/mol. The molecule has 23 heavy (non-hydrogen) atoms. The van der Waals surface area contributed by atoms with Gasteiger partial charge in [0.05, 0.1) is 11.5 Å². The van der Waals surface area contributed by atoms with Crippen molar-refractivity contribution in [3.05, 3.63) is 16.3 Å². The summed E-state index contributed by atoms with van der Waals surface area (Å²) in [7, 11) is -0.598. The fraction of sp³-hybridized carbons (Fsp3) is 0.800. The van der Waals surface area contributed by atoms with Gasteiger partial charge in [-0.1, -0.05) is 6.92 Å². The lowest BCUT2D eigenvalue weighted by Crippen LogP contribution is -2.36. The summed E-state index contributed by atoms with van der Waals surface area (Å²) in [4.78, 5) is 13.0. The van der Waals surface area contributed by atoms with Crippen molar-refractivity contribution in [2.75, 3.05) is 49.1 Å². The molecule has 1 fully saturated rings. The Morgan fingerprint density at radius 1 is 1.48 bits per heavy atom. The molecule has 0 radical (unpaired) electrons. The quantitative estimate of drug-likeness (QED) is 0.432. The molecule has 2 rings (SSSR count). The number of aromatic nitrogens is 2. The van der Waals surface area contributed by atoms with Gasteiger partial charge in [0.1, 0.15) is 12.9 Å². The summed E-state index contributed by atoms with van der Waals surface area (Å²) < 4.78 is 7.35. The third kappa shape index (κ3) is 5.10. The molecule has 1 aliphatic heterocycles. The molecule has 0 saturated carbocycles. The highest BCUT2D eigenvalue weighted by atomic mass is 32.3. The zero-order valence-corrected chi connectivity index (χ0v) is 15.3. The zero-order valence-electron chi connectivity index (χ0n) is 14.5. The van der Waals surface area contributed by atoms with Gasteiger partial charge in [0.2, 0.25) is 5.82 Å². The first-order valence-corrected chi connectivity index (χ1v) is 11.0. The molecule has 1 atom stereocenters. The van der Waals surface area contributed by atoms with E-state index >= 15 is 0 Å². The number of piperidine rings is 1. The molecule has 0 spiro atoms. The number of anilines is 1. The molecule has 0 amide bonds. The van der Waals surface area contributed by atoms with Crippen LogP contribution >= 0.6 is 10.0 Å². The largest absolute Gasteiger partial charge is 0.358 e. The second-order valence-corrected chi connectivity index (χ2v) is 11.7. The van der Waals surface area contributed by atoms with Gasteiger partial charge in [0.25, 0.3) is 0 Å². The average Bonchev–Trinajstić information content (AvgIpc) is 2.86. The van der Waals surface area contributed by atoms with Crippen molar-refractivity contribution in [2.45, 2.75) is 26.5 Å². The predicted molar refractivity (Wildman–Crippen MR) is 95.7 cm³/mol. The topological polar surface area (TPSA) is 73.4 Å². The molecule has 0 N–H and O–H groups in total. The molecule has 7 nitrogen and oxygen atoms in total. The zero-order chi connectivity index (χ0) is 17.0. The fourth-order valence-electron chi connectivity index (χ4n) is 2.76. The predicted octanol–water partition coefficient (Wildman–Crippen LogP) is 2.70. The van der Waals surface area contributed by atoms with Crippen LogP contribution in [0.2, 0.25) is 0 Å².